The second kappa shape index (κ2) is 7.19. The molecule has 7 heteroatoms. The number of esters is 1. The maximum atomic E-state index is 13.3. The Bertz CT molecular complexity index is 892. The minimum atomic E-state index is -1.12. The summed E-state index contributed by atoms with van der Waals surface area (Å²) < 4.78 is 23.8. The molecule has 0 spiro atoms. The Labute approximate surface area is 156 Å². The normalized spacial score (nSPS) is 18.3. The highest BCUT2D eigenvalue weighted by Crippen LogP contribution is 2.29. The molecular formula is C20H19FN2O4. The number of nitrogens with one attached hydrogen (secondary N) is 1. The number of hydrogen-bond donors (Lipinski definition) is 1. The van der Waals surface area contributed by atoms with E-state index in [4.69, 9.17) is 9.47 Å². The largest absolute Gasteiger partial charge is 0.445 e. The van der Waals surface area contributed by atoms with Gasteiger partial charge in [-0.1, -0.05) is 18.2 Å². The molecule has 27 heavy (non-hydrogen) atoms. The molecule has 1 N–H and O–H groups in total. The van der Waals surface area contributed by atoms with Crippen molar-refractivity contribution < 1.29 is 23.5 Å². The van der Waals surface area contributed by atoms with Crippen molar-refractivity contribution in [2.75, 3.05) is 0 Å². The summed E-state index contributed by atoms with van der Waals surface area (Å²) in [6, 6.07) is 8.76. The van der Waals surface area contributed by atoms with Crippen LogP contribution in [0.1, 0.15) is 37.9 Å². The van der Waals surface area contributed by atoms with Gasteiger partial charge in [-0.05, 0) is 36.2 Å². The van der Waals surface area contributed by atoms with E-state index >= 15 is 0 Å². The number of pyridine rings is 1. The summed E-state index contributed by atoms with van der Waals surface area (Å²) in [6.45, 7) is 4.65. The van der Waals surface area contributed by atoms with Gasteiger partial charge >= 0.3 is 5.97 Å². The summed E-state index contributed by atoms with van der Waals surface area (Å²) >= 11 is 0. The third-order valence-corrected chi connectivity index (χ3v) is 4.05. The quantitative estimate of drug-likeness (QED) is 0.661. The van der Waals surface area contributed by atoms with Crippen molar-refractivity contribution in [2.24, 2.45) is 0 Å². The molecule has 1 amide bonds. The topological polar surface area (TPSA) is 77.5 Å². The molecule has 1 aromatic heterocycles. The first-order valence-corrected chi connectivity index (χ1v) is 8.36. The maximum absolute atomic E-state index is 13.3. The van der Waals surface area contributed by atoms with Crippen LogP contribution < -0.4 is 5.32 Å². The van der Waals surface area contributed by atoms with Gasteiger partial charge in [-0.25, -0.2) is 9.18 Å². The third-order valence-electron chi connectivity index (χ3n) is 4.05. The van der Waals surface area contributed by atoms with E-state index in [-0.39, 0.29) is 17.1 Å². The standard InChI is InChI=1S/C20H19FN2O4/c1-12(17-19(25)27-20(2,3)26-17)18(24)23-16(14-5-4-10-22-11-14)13-6-8-15(21)9-7-13/h4-11,16H,1-3H3,(H,23,24). The van der Waals surface area contributed by atoms with Gasteiger partial charge in [0, 0.05) is 26.2 Å². The zero-order valence-corrected chi connectivity index (χ0v) is 15.2. The Kier molecular flexibility index (Phi) is 4.94. The molecule has 1 aliphatic rings. The summed E-state index contributed by atoms with van der Waals surface area (Å²) in [4.78, 5) is 28.8. The van der Waals surface area contributed by atoms with Gasteiger partial charge in [0.1, 0.15) is 5.82 Å². The Balaban J connectivity index is 1.91. The van der Waals surface area contributed by atoms with E-state index < -0.39 is 23.7 Å². The summed E-state index contributed by atoms with van der Waals surface area (Å²) in [5, 5.41) is 2.85. The Morgan fingerprint density at radius 2 is 1.85 bits per heavy atom. The van der Waals surface area contributed by atoms with Crippen LogP contribution >= 0.6 is 0 Å². The molecule has 3 rings (SSSR count). The fourth-order valence-electron chi connectivity index (χ4n) is 2.71. The summed E-state index contributed by atoms with van der Waals surface area (Å²) in [7, 11) is 0. The molecule has 1 fully saturated rings. The number of carbonyl (C=O) groups is 2. The van der Waals surface area contributed by atoms with E-state index in [2.05, 4.69) is 10.3 Å². The smallest absolute Gasteiger partial charge is 0.377 e. The van der Waals surface area contributed by atoms with E-state index in [1.54, 1.807) is 50.5 Å². The summed E-state index contributed by atoms with van der Waals surface area (Å²) in [5.41, 5.74) is 1.48. The van der Waals surface area contributed by atoms with Gasteiger partial charge < -0.3 is 14.8 Å². The molecule has 1 saturated heterocycles. The molecule has 0 bridgehead atoms. The average molecular weight is 370 g/mol. The van der Waals surface area contributed by atoms with Crippen molar-refractivity contribution in [3.05, 3.63) is 77.1 Å². The van der Waals surface area contributed by atoms with E-state index in [0.29, 0.717) is 11.1 Å². The molecule has 140 valence electrons. The number of rotatable bonds is 4. The third kappa shape index (κ3) is 4.13. The number of nitrogens with zero attached hydrogens (tertiary/aromatic N) is 1. The van der Waals surface area contributed by atoms with Crippen LogP contribution in [0.2, 0.25) is 0 Å². The van der Waals surface area contributed by atoms with Crippen molar-refractivity contribution in [1.82, 2.24) is 10.3 Å². The molecule has 2 heterocycles. The van der Waals surface area contributed by atoms with Crippen LogP contribution in [0.4, 0.5) is 4.39 Å². The fraction of sp³-hybridized carbons (Fsp3) is 0.250. The summed E-state index contributed by atoms with van der Waals surface area (Å²) in [6.07, 6.45) is 3.23. The predicted octanol–water partition coefficient (Wildman–Crippen LogP) is 3.01. The highest BCUT2D eigenvalue weighted by molar-refractivity contribution is 6.02. The van der Waals surface area contributed by atoms with Gasteiger partial charge in [-0.3, -0.25) is 9.78 Å². The van der Waals surface area contributed by atoms with E-state index in [1.165, 1.54) is 19.1 Å². The number of aromatic nitrogens is 1. The lowest BCUT2D eigenvalue weighted by molar-refractivity contribution is -0.159. The number of cyclic esters (lactones) is 1. The van der Waals surface area contributed by atoms with E-state index in [1.807, 2.05) is 0 Å². The molecule has 0 radical (unpaired) electrons. The first-order chi connectivity index (χ1) is 12.8. The zero-order valence-electron chi connectivity index (χ0n) is 15.2. The second-order valence-corrected chi connectivity index (χ2v) is 6.59. The minimum Gasteiger partial charge on any atom is -0.445 e. The number of amides is 1. The lowest BCUT2D eigenvalue weighted by Crippen LogP contribution is -2.31. The number of carbonyl (C=O) groups excluding carboxylic acids is 2. The Hall–Kier alpha value is -3.22. The predicted molar refractivity (Wildman–Crippen MR) is 94.6 cm³/mol. The van der Waals surface area contributed by atoms with Crippen LogP contribution in [0, 0.1) is 5.82 Å². The highest BCUT2D eigenvalue weighted by Gasteiger charge is 2.40. The van der Waals surface area contributed by atoms with Gasteiger partial charge in [0.2, 0.25) is 11.5 Å². The van der Waals surface area contributed by atoms with E-state index in [0.717, 1.165) is 0 Å². The first kappa shape index (κ1) is 18.6. The minimum absolute atomic E-state index is 0.0987. The van der Waals surface area contributed by atoms with E-state index in [9.17, 15) is 14.0 Å². The molecule has 0 saturated carbocycles. The van der Waals surface area contributed by atoms with Gasteiger partial charge in [0.05, 0.1) is 11.6 Å². The van der Waals surface area contributed by atoms with Crippen molar-refractivity contribution >= 4 is 11.9 Å². The van der Waals surface area contributed by atoms with Crippen LogP contribution in [0.3, 0.4) is 0 Å². The second-order valence-electron chi connectivity index (χ2n) is 6.59. The van der Waals surface area contributed by atoms with Crippen LogP contribution in [0.15, 0.2) is 60.1 Å². The average Bonchev–Trinajstić information content (AvgIpc) is 2.93. The van der Waals surface area contributed by atoms with Crippen molar-refractivity contribution in [1.29, 1.82) is 0 Å². The highest BCUT2D eigenvalue weighted by atomic mass is 19.1. The first-order valence-electron chi connectivity index (χ1n) is 8.36. The fourth-order valence-corrected chi connectivity index (χ4v) is 2.71. The van der Waals surface area contributed by atoms with Crippen molar-refractivity contribution in [3.8, 4) is 0 Å². The van der Waals surface area contributed by atoms with Crippen molar-refractivity contribution in [2.45, 2.75) is 32.6 Å². The lowest BCUT2D eigenvalue weighted by Gasteiger charge is -2.20. The van der Waals surface area contributed by atoms with Crippen LogP contribution in [-0.4, -0.2) is 22.6 Å². The maximum Gasteiger partial charge on any atom is 0.377 e. The van der Waals surface area contributed by atoms with Crippen LogP contribution in [0.25, 0.3) is 0 Å². The molecule has 2 aromatic rings. The summed E-state index contributed by atoms with van der Waals surface area (Å²) in [5.74, 6) is -2.81. The Morgan fingerprint density at radius 1 is 1.15 bits per heavy atom. The SMILES string of the molecule is CC(C(=O)NC(c1ccc(F)cc1)c1cccnc1)=C1OC(C)(C)OC1=O. The van der Waals surface area contributed by atoms with Crippen LogP contribution in [-0.2, 0) is 19.1 Å². The van der Waals surface area contributed by atoms with Gasteiger partial charge in [-0.2, -0.15) is 0 Å². The monoisotopic (exact) mass is 370 g/mol. The molecule has 1 aliphatic heterocycles. The lowest BCUT2D eigenvalue weighted by atomic mass is 9.99. The molecule has 1 aromatic carbocycles. The molecule has 1 unspecified atom stereocenters. The number of ether oxygens (including phenoxy) is 2. The molecule has 0 aliphatic carbocycles. The molecular weight excluding hydrogens is 351 g/mol. The molecule has 1 atom stereocenters. The number of hydrogen-bond acceptors (Lipinski definition) is 5. The molecule has 6 nitrogen and oxygen atoms in total. The van der Waals surface area contributed by atoms with Gasteiger partial charge in [-0.15, -0.1) is 0 Å². The zero-order chi connectivity index (χ0) is 19.6. The van der Waals surface area contributed by atoms with Gasteiger partial charge in [0.15, 0.2) is 0 Å². The van der Waals surface area contributed by atoms with Crippen molar-refractivity contribution in [3.63, 3.8) is 0 Å². The van der Waals surface area contributed by atoms with Crippen LogP contribution in [0.5, 0.6) is 0 Å². The number of benzene rings is 1. The Morgan fingerprint density at radius 3 is 2.41 bits per heavy atom. The number of halogens is 1. The van der Waals surface area contributed by atoms with Gasteiger partial charge in [0.25, 0.3) is 5.91 Å².